The van der Waals surface area contributed by atoms with E-state index in [9.17, 15) is 0 Å². The second-order valence-corrected chi connectivity index (χ2v) is 16.6. The number of benzene rings is 5. The minimum absolute atomic E-state index is 0.468. The molecular formula is C41H39B2BrO5. The lowest BCUT2D eigenvalue weighted by atomic mass is 9.49. The average Bonchev–Trinajstić information content (AvgIpc) is 3.57. The van der Waals surface area contributed by atoms with Crippen LogP contribution in [0.15, 0.2) is 102 Å². The van der Waals surface area contributed by atoms with Crippen LogP contribution in [0.2, 0.25) is 0 Å². The fourth-order valence-electron chi connectivity index (χ4n) is 8.38. The van der Waals surface area contributed by atoms with E-state index in [4.69, 9.17) is 23.4 Å². The lowest BCUT2D eigenvalue weighted by Gasteiger charge is -2.40. The topological polar surface area (TPSA) is 46.2 Å². The minimum Gasteiger partial charge on any atom is -0.455 e. The number of para-hydroxylation sites is 1. The van der Waals surface area contributed by atoms with Crippen molar-refractivity contribution in [3.05, 3.63) is 129 Å². The van der Waals surface area contributed by atoms with E-state index in [0.29, 0.717) is 6.42 Å². The van der Waals surface area contributed by atoms with Crippen molar-refractivity contribution in [2.24, 2.45) is 0 Å². The number of hydrogen-bond donors (Lipinski definition) is 0. The van der Waals surface area contributed by atoms with Crippen molar-refractivity contribution in [2.45, 2.75) is 82.7 Å². The van der Waals surface area contributed by atoms with Gasteiger partial charge in [0.05, 0.1) is 32.3 Å². The van der Waals surface area contributed by atoms with Crippen LogP contribution in [-0.4, -0.2) is 36.4 Å². The van der Waals surface area contributed by atoms with Crippen LogP contribution in [0.3, 0.4) is 0 Å². The molecule has 3 heterocycles. The molecular weight excluding hydrogens is 674 g/mol. The molecule has 0 bridgehead atoms. The minimum atomic E-state index is -0.631. The fraction of sp³-hybridized carbons (Fsp3) is 0.317. The van der Waals surface area contributed by atoms with E-state index in [1.165, 1.54) is 22.3 Å². The first-order valence-electron chi connectivity index (χ1n) is 17.2. The van der Waals surface area contributed by atoms with Crippen LogP contribution >= 0.6 is 15.9 Å². The Kier molecular flexibility index (Phi) is 6.66. The molecule has 1 atom stereocenters. The highest BCUT2D eigenvalue weighted by Gasteiger charge is 2.65. The first kappa shape index (κ1) is 31.6. The summed E-state index contributed by atoms with van der Waals surface area (Å²) in [6.45, 7) is 14.5. The highest BCUT2D eigenvalue weighted by molar-refractivity contribution is 9.10. The Hall–Kier alpha value is -3.39. The molecule has 1 spiro atoms. The van der Waals surface area contributed by atoms with Crippen molar-refractivity contribution in [1.82, 2.24) is 0 Å². The van der Waals surface area contributed by atoms with E-state index in [1.54, 1.807) is 0 Å². The fourth-order valence-corrected chi connectivity index (χ4v) is 8.83. The summed E-state index contributed by atoms with van der Waals surface area (Å²) in [5.41, 5.74) is 5.89. The number of fused-ring (bicyclic) bond motifs is 10. The maximum Gasteiger partial charge on any atom is 0.489 e. The van der Waals surface area contributed by atoms with Gasteiger partial charge < -0.3 is 23.4 Å². The van der Waals surface area contributed by atoms with Gasteiger partial charge in [0.25, 0.3) is 0 Å². The van der Waals surface area contributed by atoms with Gasteiger partial charge in [-0.2, -0.15) is 0 Å². The summed E-state index contributed by atoms with van der Waals surface area (Å²) in [6, 6.07) is 35.3. The van der Waals surface area contributed by atoms with E-state index in [2.05, 4.69) is 134 Å². The van der Waals surface area contributed by atoms with Gasteiger partial charge >= 0.3 is 14.0 Å². The van der Waals surface area contributed by atoms with Gasteiger partial charge in [0.2, 0.25) is 0 Å². The summed E-state index contributed by atoms with van der Waals surface area (Å²) in [6.07, 6.45) is 0.656. The zero-order chi connectivity index (χ0) is 34.1. The standard InChI is InChI=1S/C41H39B2BrO5/c1-37(2)38(3,4)47-42(46-37)43-48-39(5,6)40(7,49-43)24-25-19-20-26-22-33-35(23-27(26)21-25)45-36-32(17-12-18-34(36)44)41(33)30-15-10-8-13-28(30)29-14-9-11-16-31(29)41/h8-23H,24H2,1-7H3. The van der Waals surface area contributed by atoms with Crippen LogP contribution in [0.4, 0.5) is 0 Å². The molecule has 9 rings (SSSR count). The molecule has 0 aromatic heterocycles. The molecule has 4 aliphatic rings. The molecule has 2 fully saturated rings. The Morgan fingerprint density at radius 1 is 0.551 bits per heavy atom. The van der Waals surface area contributed by atoms with Crippen LogP contribution in [0.5, 0.6) is 11.5 Å². The molecule has 0 N–H and O–H groups in total. The van der Waals surface area contributed by atoms with Crippen molar-refractivity contribution in [3.8, 4) is 22.6 Å². The highest BCUT2D eigenvalue weighted by atomic mass is 79.9. The quantitative estimate of drug-likeness (QED) is 0.171. The van der Waals surface area contributed by atoms with Crippen molar-refractivity contribution < 1.29 is 23.4 Å². The van der Waals surface area contributed by atoms with Crippen molar-refractivity contribution in [3.63, 3.8) is 0 Å². The van der Waals surface area contributed by atoms with E-state index >= 15 is 0 Å². The zero-order valence-corrected chi connectivity index (χ0v) is 30.6. The van der Waals surface area contributed by atoms with Gasteiger partial charge in [-0.05, 0) is 121 Å². The second-order valence-electron chi connectivity index (χ2n) is 15.7. The molecule has 0 saturated carbocycles. The van der Waals surface area contributed by atoms with E-state index in [0.717, 1.165) is 43.4 Å². The van der Waals surface area contributed by atoms with Gasteiger partial charge in [0.1, 0.15) is 11.5 Å². The Bertz CT molecular complexity index is 2130. The third kappa shape index (κ3) is 4.34. The van der Waals surface area contributed by atoms with Crippen LogP contribution in [0.1, 0.15) is 76.3 Å². The summed E-state index contributed by atoms with van der Waals surface area (Å²) >= 11 is 3.84. The van der Waals surface area contributed by atoms with Crippen molar-refractivity contribution in [2.75, 3.05) is 0 Å². The summed E-state index contributed by atoms with van der Waals surface area (Å²) in [5.74, 6) is 1.72. The van der Waals surface area contributed by atoms with Gasteiger partial charge in [0.15, 0.2) is 0 Å². The first-order chi connectivity index (χ1) is 23.2. The third-order valence-electron chi connectivity index (χ3n) is 12.0. The number of rotatable bonds is 3. The summed E-state index contributed by atoms with van der Waals surface area (Å²) in [5, 5.41) is 2.28. The van der Waals surface area contributed by atoms with Gasteiger partial charge in [0, 0.05) is 17.5 Å². The maximum atomic E-state index is 6.84. The van der Waals surface area contributed by atoms with Crippen molar-refractivity contribution in [1.29, 1.82) is 0 Å². The molecule has 5 aromatic rings. The largest absolute Gasteiger partial charge is 0.489 e. The van der Waals surface area contributed by atoms with E-state index in [1.807, 2.05) is 27.7 Å². The highest BCUT2D eigenvalue weighted by Crippen LogP contribution is 2.63. The van der Waals surface area contributed by atoms with E-state index < -0.39 is 41.8 Å². The average molecular weight is 713 g/mol. The van der Waals surface area contributed by atoms with Gasteiger partial charge in [-0.15, -0.1) is 0 Å². The van der Waals surface area contributed by atoms with Crippen LogP contribution < -0.4 is 4.74 Å². The SMILES string of the molecule is CC1(C)OB(B2OC(C)(C)C(C)(Cc3ccc4cc5c(cc4c3)Oc3c(Br)cccc3C53c4ccccc4-c4ccccc43)O2)OC1(C)C. The monoisotopic (exact) mass is 712 g/mol. The Balaban J connectivity index is 1.13. The van der Waals surface area contributed by atoms with Crippen LogP contribution in [0.25, 0.3) is 21.9 Å². The van der Waals surface area contributed by atoms with Crippen LogP contribution in [0, 0.1) is 0 Å². The number of ether oxygens (including phenoxy) is 1. The Morgan fingerprint density at radius 3 is 1.82 bits per heavy atom. The Morgan fingerprint density at radius 2 is 1.14 bits per heavy atom. The summed E-state index contributed by atoms with van der Waals surface area (Å²) < 4.78 is 33.7. The molecule has 1 aliphatic carbocycles. The van der Waals surface area contributed by atoms with Gasteiger partial charge in [-0.25, -0.2) is 0 Å². The van der Waals surface area contributed by atoms with Gasteiger partial charge in [-0.1, -0.05) is 78.9 Å². The summed E-state index contributed by atoms with van der Waals surface area (Å²) in [7, 11) is -1.24. The smallest absolute Gasteiger partial charge is 0.455 e. The molecule has 0 radical (unpaired) electrons. The zero-order valence-electron chi connectivity index (χ0n) is 29.0. The molecule has 2 saturated heterocycles. The molecule has 1 unspecified atom stereocenters. The molecule has 246 valence electrons. The molecule has 5 aromatic carbocycles. The molecule has 3 aliphatic heterocycles. The lowest BCUT2D eigenvalue weighted by molar-refractivity contribution is -0.00875. The molecule has 5 nitrogen and oxygen atoms in total. The number of hydrogen-bond acceptors (Lipinski definition) is 5. The van der Waals surface area contributed by atoms with Crippen molar-refractivity contribution >= 4 is 40.7 Å². The molecule has 49 heavy (non-hydrogen) atoms. The first-order valence-corrected chi connectivity index (χ1v) is 18.0. The Labute approximate surface area is 297 Å². The second kappa shape index (κ2) is 10.3. The predicted octanol–water partition coefficient (Wildman–Crippen LogP) is 9.86. The lowest BCUT2D eigenvalue weighted by Crippen LogP contribution is -2.46. The molecule has 8 heteroatoms. The third-order valence-corrected chi connectivity index (χ3v) is 12.7. The maximum absolute atomic E-state index is 6.84. The predicted molar refractivity (Wildman–Crippen MR) is 199 cm³/mol. The number of halogens is 1. The summed E-state index contributed by atoms with van der Waals surface area (Å²) in [4.78, 5) is 0. The molecule has 0 amide bonds. The normalized spacial score (nSPS) is 23.3. The van der Waals surface area contributed by atoms with E-state index in [-0.39, 0.29) is 0 Å². The van der Waals surface area contributed by atoms with Crippen LogP contribution in [-0.2, 0) is 30.5 Å². The van der Waals surface area contributed by atoms with Gasteiger partial charge in [-0.3, -0.25) is 0 Å².